The molecule has 0 bridgehead atoms. The molecular weight excluding hydrogens is 733 g/mol. The van der Waals surface area contributed by atoms with Crippen LogP contribution < -0.4 is 0 Å². The van der Waals surface area contributed by atoms with Crippen molar-refractivity contribution in [2.24, 2.45) is 0 Å². The average Bonchev–Trinajstić information content (AvgIpc) is 3.23. The van der Waals surface area contributed by atoms with Gasteiger partial charge in [-0.3, -0.25) is 14.4 Å². The first-order valence-electron chi connectivity index (χ1n) is 26.2. The molecule has 0 aliphatic rings. The molecule has 0 fully saturated rings. The van der Waals surface area contributed by atoms with E-state index in [0.29, 0.717) is 19.3 Å². The van der Waals surface area contributed by atoms with Crippen LogP contribution in [0.25, 0.3) is 0 Å². The SMILES string of the molecule is CCCCCCCCC=CCCCCCCCC(=O)OC[C@@H](COC(=O)CCCCCCCCCCCCCCCCC)OC(=O)CCCCCCCCCCCCC. The van der Waals surface area contributed by atoms with Gasteiger partial charge in [-0.05, 0) is 44.9 Å². The van der Waals surface area contributed by atoms with Crippen LogP contribution in [0.2, 0.25) is 0 Å². The van der Waals surface area contributed by atoms with Crippen molar-refractivity contribution in [3.05, 3.63) is 12.2 Å². The Morgan fingerprint density at radius 2 is 0.559 bits per heavy atom. The van der Waals surface area contributed by atoms with Gasteiger partial charge in [-0.1, -0.05) is 238 Å². The molecule has 0 saturated heterocycles. The minimum absolute atomic E-state index is 0.0672. The summed E-state index contributed by atoms with van der Waals surface area (Å²) >= 11 is 0. The number of hydrogen-bond acceptors (Lipinski definition) is 6. The third-order valence-electron chi connectivity index (χ3n) is 11.8. The molecule has 0 aromatic rings. The van der Waals surface area contributed by atoms with E-state index in [1.165, 1.54) is 186 Å². The van der Waals surface area contributed by atoms with Crippen LogP contribution in [0.1, 0.15) is 290 Å². The van der Waals surface area contributed by atoms with Crippen LogP contribution >= 0.6 is 0 Å². The molecule has 6 heteroatoms. The van der Waals surface area contributed by atoms with Crippen LogP contribution in [0, 0.1) is 0 Å². The molecule has 6 nitrogen and oxygen atoms in total. The van der Waals surface area contributed by atoms with E-state index in [-0.39, 0.29) is 31.1 Å². The van der Waals surface area contributed by atoms with Crippen LogP contribution in [-0.2, 0) is 28.6 Å². The summed E-state index contributed by atoms with van der Waals surface area (Å²) in [4.78, 5) is 37.9. The van der Waals surface area contributed by atoms with Gasteiger partial charge in [0.05, 0.1) is 0 Å². The molecule has 0 heterocycles. The summed E-state index contributed by atoms with van der Waals surface area (Å²) in [6, 6.07) is 0. The molecule has 0 radical (unpaired) electrons. The van der Waals surface area contributed by atoms with Gasteiger partial charge in [-0.15, -0.1) is 0 Å². The van der Waals surface area contributed by atoms with Crippen molar-refractivity contribution < 1.29 is 28.6 Å². The molecule has 0 aromatic carbocycles. The van der Waals surface area contributed by atoms with E-state index in [1.54, 1.807) is 0 Å². The Morgan fingerprint density at radius 1 is 0.322 bits per heavy atom. The number of ether oxygens (including phenoxy) is 3. The molecule has 0 amide bonds. The summed E-state index contributed by atoms with van der Waals surface area (Å²) in [6.07, 6.45) is 53.3. The number of unbranched alkanes of at least 4 members (excludes halogenated alkanes) is 35. The van der Waals surface area contributed by atoms with Gasteiger partial charge >= 0.3 is 17.9 Å². The molecular formula is C53H100O6. The zero-order valence-electron chi connectivity index (χ0n) is 39.8. The van der Waals surface area contributed by atoms with Crippen molar-refractivity contribution in [1.29, 1.82) is 0 Å². The second-order valence-electron chi connectivity index (χ2n) is 17.8. The molecule has 0 aromatic heterocycles. The lowest BCUT2D eigenvalue weighted by molar-refractivity contribution is -0.167. The second-order valence-corrected chi connectivity index (χ2v) is 17.8. The first kappa shape index (κ1) is 57.1. The van der Waals surface area contributed by atoms with Crippen molar-refractivity contribution >= 4 is 17.9 Å². The van der Waals surface area contributed by atoms with Gasteiger partial charge in [0.25, 0.3) is 0 Å². The smallest absolute Gasteiger partial charge is 0.306 e. The third-order valence-corrected chi connectivity index (χ3v) is 11.8. The third kappa shape index (κ3) is 47.1. The highest BCUT2D eigenvalue weighted by atomic mass is 16.6. The Kier molecular flexibility index (Phi) is 47.3. The maximum atomic E-state index is 12.8. The van der Waals surface area contributed by atoms with Crippen molar-refractivity contribution in [2.45, 2.75) is 297 Å². The van der Waals surface area contributed by atoms with Crippen LogP contribution in [0.5, 0.6) is 0 Å². The Balaban J connectivity index is 4.31. The Hall–Kier alpha value is -1.85. The first-order valence-corrected chi connectivity index (χ1v) is 26.2. The minimum atomic E-state index is -0.765. The van der Waals surface area contributed by atoms with Crippen LogP contribution in [0.3, 0.4) is 0 Å². The Bertz CT molecular complexity index is 916. The predicted molar refractivity (Wildman–Crippen MR) is 252 cm³/mol. The monoisotopic (exact) mass is 833 g/mol. The minimum Gasteiger partial charge on any atom is -0.462 e. The highest BCUT2D eigenvalue weighted by Crippen LogP contribution is 2.16. The van der Waals surface area contributed by atoms with E-state index >= 15 is 0 Å². The van der Waals surface area contributed by atoms with Crippen LogP contribution in [0.4, 0.5) is 0 Å². The molecule has 0 aliphatic heterocycles. The number of esters is 3. The van der Waals surface area contributed by atoms with E-state index in [0.717, 1.165) is 64.2 Å². The maximum Gasteiger partial charge on any atom is 0.306 e. The number of rotatable bonds is 48. The van der Waals surface area contributed by atoms with Crippen molar-refractivity contribution in [1.82, 2.24) is 0 Å². The van der Waals surface area contributed by atoms with Gasteiger partial charge in [0, 0.05) is 19.3 Å². The van der Waals surface area contributed by atoms with Gasteiger partial charge in [-0.2, -0.15) is 0 Å². The standard InChI is InChI=1S/C53H100O6/c1-4-7-10-13-16-19-22-24-26-28-31-33-36-39-42-45-51(54)57-48-50(59-53(56)47-44-41-38-35-30-21-18-15-12-9-6-3)49-58-52(55)46-43-40-37-34-32-29-27-25-23-20-17-14-11-8-5-2/h24,26,50H,4-23,25,27-49H2,1-3H3/t50-/m0/s1. The summed E-state index contributed by atoms with van der Waals surface area (Å²) in [5, 5.41) is 0. The first-order chi connectivity index (χ1) is 29.0. The molecule has 1 atom stereocenters. The van der Waals surface area contributed by atoms with E-state index in [1.807, 2.05) is 0 Å². The van der Waals surface area contributed by atoms with Gasteiger partial charge < -0.3 is 14.2 Å². The van der Waals surface area contributed by atoms with E-state index in [4.69, 9.17) is 14.2 Å². The molecule has 0 saturated carbocycles. The Labute approximate surface area is 367 Å². The molecule has 0 rings (SSSR count). The molecule has 0 spiro atoms. The van der Waals surface area contributed by atoms with Gasteiger partial charge in [0.15, 0.2) is 6.10 Å². The van der Waals surface area contributed by atoms with Gasteiger partial charge in [0.2, 0.25) is 0 Å². The van der Waals surface area contributed by atoms with Gasteiger partial charge in [-0.25, -0.2) is 0 Å². The molecule has 59 heavy (non-hydrogen) atoms. The summed E-state index contributed by atoms with van der Waals surface area (Å²) < 4.78 is 16.8. The summed E-state index contributed by atoms with van der Waals surface area (Å²) in [5.74, 6) is -0.860. The van der Waals surface area contributed by atoms with Crippen LogP contribution in [-0.4, -0.2) is 37.2 Å². The lowest BCUT2D eigenvalue weighted by Gasteiger charge is -2.18. The summed E-state index contributed by atoms with van der Waals surface area (Å²) in [7, 11) is 0. The molecule has 0 N–H and O–H groups in total. The summed E-state index contributed by atoms with van der Waals surface area (Å²) in [6.45, 7) is 6.65. The zero-order valence-corrected chi connectivity index (χ0v) is 39.8. The maximum absolute atomic E-state index is 12.8. The van der Waals surface area contributed by atoms with Crippen LogP contribution in [0.15, 0.2) is 12.2 Å². The number of carbonyl (C=O) groups excluding carboxylic acids is 3. The fourth-order valence-electron chi connectivity index (χ4n) is 7.79. The van der Waals surface area contributed by atoms with Crippen molar-refractivity contribution in [3.63, 3.8) is 0 Å². The lowest BCUT2D eigenvalue weighted by atomic mass is 10.0. The highest BCUT2D eigenvalue weighted by Gasteiger charge is 2.19. The predicted octanol–water partition coefficient (Wildman–Crippen LogP) is 17.0. The van der Waals surface area contributed by atoms with E-state index < -0.39 is 6.10 Å². The van der Waals surface area contributed by atoms with Gasteiger partial charge in [0.1, 0.15) is 13.2 Å². The average molecular weight is 833 g/mol. The van der Waals surface area contributed by atoms with Crippen molar-refractivity contribution in [2.75, 3.05) is 13.2 Å². The number of hydrogen-bond donors (Lipinski definition) is 0. The Morgan fingerprint density at radius 3 is 0.847 bits per heavy atom. The zero-order chi connectivity index (χ0) is 43.0. The quantitative estimate of drug-likeness (QED) is 0.0263. The highest BCUT2D eigenvalue weighted by molar-refractivity contribution is 5.71. The summed E-state index contributed by atoms with van der Waals surface area (Å²) in [5.41, 5.74) is 0. The fourth-order valence-corrected chi connectivity index (χ4v) is 7.79. The van der Waals surface area contributed by atoms with E-state index in [2.05, 4.69) is 32.9 Å². The van der Waals surface area contributed by atoms with E-state index in [9.17, 15) is 14.4 Å². The topological polar surface area (TPSA) is 78.9 Å². The number of allylic oxidation sites excluding steroid dienone is 2. The second kappa shape index (κ2) is 48.8. The molecule has 0 unspecified atom stereocenters. The number of carbonyl (C=O) groups is 3. The fraction of sp³-hybridized carbons (Fsp3) is 0.906. The lowest BCUT2D eigenvalue weighted by Crippen LogP contribution is -2.30. The van der Waals surface area contributed by atoms with Crippen molar-refractivity contribution in [3.8, 4) is 0 Å². The normalized spacial score (nSPS) is 12.0. The molecule has 0 aliphatic carbocycles. The largest absolute Gasteiger partial charge is 0.462 e. The molecule has 348 valence electrons.